The summed E-state index contributed by atoms with van der Waals surface area (Å²) in [4.78, 5) is 22.6. The average Bonchev–Trinajstić information content (AvgIpc) is 2.79. The Labute approximate surface area is 130 Å². The van der Waals surface area contributed by atoms with E-state index >= 15 is 0 Å². The van der Waals surface area contributed by atoms with Gasteiger partial charge in [0.2, 0.25) is 5.91 Å². The van der Waals surface area contributed by atoms with Crippen LogP contribution in [-0.2, 0) is 4.79 Å². The molecule has 0 aromatic carbocycles. The third-order valence-electron chi connectivity index (χ3n) is 3.72. The number of aromatic nitrogens is 2. The first-order chi connectivity index (χ1) is 10.3. The van der Waals surface area contributed by atoms with Crippen LogP contribution >= 0.6 is 23.5 Å². The van der Waals surface area contributed by atoms with Gasteiger partial charge in [0.05, 0.1) is 5.25 Å². The van der Waals surface area contributed by atoms with Crippen molar-refractivity contribution in [2.75, 3.05) is 16.4 Å². The van der Waals surface area contributed by atoms with Crippen molar-refractivity contribution in [1.29, 1.82) is 0 Å². The van der Waals surface area contributed by atoms with Gasteiger partial charge in [0.15, 0.2) is 5.65 Å². The zero-order chi connectivity index (χ0) is 14.4. The van der Waals surface area contributed by atoms with Crippen LogP contribution in [0.2, 0.25) is 0 Å². The second-order valence-corrected chi connectivity index (χ2v) is 7.50. The smallest absolute Gasteiger partial charge is 0.244 e. The van der Waals surface area contributed by atoms with E-state index in [4.69, 9.17) is 0 Å². The van der Waals surface area contributed by atoms with Crippen LogP contribution in [0, 0.1) is 0 Å². The minimum absolute atomic E-state index is 0.0486. The van der Waals surface area contributed by atoms with E-state index in [2.05, 4.69) is 9.97 Å². The highest BCUT2D eigenvalue weighted by Gasteiger charge is 2.50. The fourth-order valence-electron chi connectivity index (χ4n) is 2.74. The van der Waals surface area contributed by atoms with Crippen molar-refractivity contribution >= 4 is 46.3 Å². The molecule has 1 amide bonds. The molecule has 3 atom stereocenters. The first kappa shape index (κ1) is 13.4. The van der Waals surface area contributed by atoms with Gasteiger partial charge >= 0.3 is 0 Å². The van der Waals surface area contributed by atoms with Crippen LogP contribution in [0.5, 0.6) is 0 Å². The van der Waals surface area contributed by atoms with E-state index in [1.807, 2.05) is 18.2 Å². The van der Waals surface area contributed by atoms with Crippen LogP contribution < -0.4 is 4.90 Å². The largest absolute Gasteiger partial charge is 0.372 e. The average molecular weight is 319 g/mol. The monoisotopic (exact) mass is 319 g/mol. The van der Waals surface area contributed by atoms with E-state index in [0.29, 0.717) is 11.5 Å². The summed E-state index contributed by atoms with van der Waals surface area (Å²) in [7, 11) is 0. The molecule has 3 unspecified atom stereocenters. The number of nitrogens with zero attached hydrogens (tertiary/aromatic N) is 3. The summed E-state index contributed by atoms with van der Waals surface area (Å²) in [6, 6.07) is 7.43. The quantitative estimate of drug-likeness (QED) is 0.859. The van der Waals surface area contributed by atoms with E-state index in [1.165, 1.54) is 4.90 Å². The lowest BCUT2D eigenvalue weighted by atomic mass is 10.3. The number of aliphatic hydroxyl groups excluding tert-OH is 1. The lowest BCUT2D eigenvalue weighted by molar-refractivity contribution is -0.117. The molecule has 0 radical (unpaired) electrons. The number of hydrogen-bond donors (Lipinski definition) is 1. The molecule has 0 aliphatic carbocycles. The van der Waals surface area contributed by atoms with E-state index in [-0.39, 0.29) is 16.4 Å². The molecule has 21 heavy (non-hydrogen) atoms. The Morgan fingerprint density at radius 2 is 2.10 bits per heavy atom. The maximum atomic E-state index is 12.6. The van der Waals surface area contributed by atoms with Gasteiger partial charge < -0.3 is 5.11 Å². The first-order valence-electron chi connectivity index (χ1n) is 6.72. The topological polar surface area (TPSA) is 66.3 Å². The Morgan fingerprint density at radius 1 is 1.24 bits per heavy atom. The van der Waals surface area contributed by atoms with Gasteiger partial charge in [0, 0.05) is 23.1 Å². The van der Waals surface area contributed by atoms with Gasteiger partial charge in [-0.2, -0.15) is 11.8 Å². The number of carbonyl (C=O) groups is 1. The number of rotatable bonds is 1. The van der Waals surface area contributed by atoms with Crippen molar-refractivity contribution in [2.24, 2.45) is 0 Å². The third-order valence-corrected chi connectivity index (χ3v) is 6.79. The number of thioether (sulfide) groups is 2. The Morgan fingerprint density at radius 3 is 2.95 bits per heavy atom. The van der Waals surface area contributed by atoms with E-state index in [1.54, 1.807) is 35.8 Å². The van der Waals surface area contributed by atoms with E-state index in [0.717, 1.165) is 16.9 Å². The first-order valence-corrected chi connectivity index (χ1v) is 8.81. The number of aliphatic hydroxyl groups is 1. The van der Waals surface area contributed by atoms with Crippen molar-refractivity contribution in [1.82, 2.24) is 9.97 Å². The van der Waals surface area contributed by atoms with Gasteiger partial charge in [-0.15, -0.1) is 11.8 Å². The number of anilines is 1. The van der Waals surface area contributed by atoms with Gasteiger partial charge in [-0.3, -0.25) is 9.69 Å². The highest BCUT2D eigenvalue weighted by molar-refractivity contribution is 8.07. The van der Waals surface area contributed by atoms with Crippen LogP contribution in [0.1, 0.15) is 0 Å². The SMILES string of the molecule is O=C1C2SCCSC2C(O)N1c1ccc2cccnc2n1. The van der Waals surface area contributed by atoms with Crippen LogP contribution in [-0.4, -0.2) is 49.2 Å². The highest BCUT2D eigenvalue weighted by Crippen LogP contribution is 2.41. The summed E-state index contributed by atoms with van der Waals surface area (Å²) in [5, 5.41) is 11.2. The van der Waals surface area contributed by atoms with Crippen molar-refractivity contribution in [3.8, 4) is 0 Å². The van der Waals surface area contributed by atoms with Gasteiger partial charge in [0.25, 0.3) is 0 Å². The predicted molar refractivity (Wildman–Crippen MR) is 85.5 cm³/mol. The number of hydrogen-bond acceptors (Lipinski definition) is 6. The molecule has 0 bridgehead atoms. The lowest BCUT2D eigenvalue weighted by Gasteiger charge is -2.24. The molecule has 0 saturated carbocycles. The summed E-state index contributed by atoms with van der Waals surface area (Å²) < 4.78 is 0. The number of fused-ring (bicyclic) bond motifs is 2. The molecule has 2 fully saturated rings. The van der Waals surface area contributed by atoms with E-state index in [9.17, 15) is 9.90 Å². The van der Waals surface area contributed by atoms with Crippen molar-refractivity contribution in [3.05, 3.63) is 30.5 Å². The summed E-state index contributed by atoms with van der Waals surface area (Å²) in [6.45, 7) is 0. The van der Waals surface area contributed by atoms with E-state index < -0.39 is 6.23 Å². The molecule has 2 aromatic heterocycles. The zero-order valence-electron chi connectivity index (χ0n) is 11.0. The molecule has 7 heteroatoms. The summed E-state index contributed by atoms with van der Waals surface area (Å²) in [5.74, 6) is 2.35. The Balaban J connectivity index is 1.75. The highest BCUT2D eigenvalue weighted by atomic mass is 32.2. The third kappa shape index (κ3) is 2.11. The van der Waals surface area contributed by atoms with Gasteiger partial charge in [-0.25, -0.2) is 9.97 Å². The summed E-state index contributed by atoms with van der Waals surface area (Å²) >= 11 is 3.30. The molecular weight excluding hydrogens is 306 g/mol. The fraction of sp³-hybridized carbons (Fsp3) is 0.357. The lowest BCUT2D eigenvalue weighted by Crippen LogP contribution is -2.36. The van der Waals surface area contributed by atoms with Crippen molar-refractivity contribution < 1.29 is 9.90 Å². The number of carbonyl (C=O) groups excluding carboxylic acids is 1. The Kier molecular flexibility index (Phi) is 3.28. The molecule has 2 aliphatic rings. The number of pyridine rings is 2. The Hall–Kier alpha value is -1.31. The minimum atomic E-state index is -0.811. The number of amides is 1. The Bertz CT molecular complexity index is 711. The maximum Gasteiger partial charge on any atom is 0.244 e. The maximum absolute atomic E-state index is 12.6. The van der Waals surface area contributed by atoms with Gasteiger partial charge in [0.1, 0.15) is 17.3 Å². The van der Waals surface area contributed by atoms with Crippen molar-refractivity contribution in [3.63, 3.8) is 0 Å². The molecule has 1 N–H and O–H groups in total. The summed E-state index contributed by atoms with van der Waals surface area (Å²) in [5.41, 5.74) is 0.588. The second-order valence-electron chi connectivity index (χ2n) is 4.97. The molecule has 5 nitrogen and oxygen atoms in total. The normalized spacial score (nSPS) is 28.9. The standard InChI is InChI=1S/C14H13N3O2S2/c18-13-10-11(21-7-6-20-10)14(19)17(13)9-4-3-8-2-1-5-15-12(8)16-9/h1-5,10-11,13,18H,6-7H2. The van der Waals surface area contributed by atoms with Gasteiger partial charge in [-0.05, 0) is 24.3 Å². The molecule has 4 heterocycles. The molecule has 0 spiro atoms. The van der Waals surface area contributed by atoms with Crippen LogP contribution in [0.15, 0.2) is 30.5 Å². The molecule has 2 saturated heterocycles. The van der Waals surface area contributed by atoms with Crippen molar-refractivity contribution in [2.45, 2.75) is 16.7 Å². The van der Waals surface area contributed by atoms with Gasteiger partial charge in [-0.1, -0.05) is 0 Å². The predicted octanol–water partition coefficient (Wildman–Crippen LogP) is 1.51. The molecule has 2 aromatic rings. The van der Waals surface area contributed by atoms with Crippen LogP contribution in [0.4, 0.5) is 5.82 Å². The zero-order valence-corrected chi connectivity index (χ0v) is 12.7. The fourth-order valence-corrected chi connectivity index (χ4v) is 5.67. The summed E-state index contributed by atoms with van der Waals surface area (Å²) in [6.07, 6.45) is 0.862. The molecule has 4 rings (SSSR count). The molecule has 2 aliphatic heterocycles. The second kappa shape index (κ2) is 5.15. The molecular formula is C14H13N3O2S2. The van der Waals surface area contributed by atoms with Crippen LogP contribution in [0.25, 0.3) is 11.0 Å². The van der Waals surface area contributed by atoms with Crippen LogP contribution in [0.3, 0.4) is 0 Å². The minimum Gasteiger partial charge on any atom is -0.372 e. The molecule has 108 valence electrons.